The van der Waals surface area contributed by atoms with E-state index in [2.05, 4.69) is 5.32 Å². The largest absolute Gasteiger partial charge is 0.417 e. The summed E-state index contributed by atoms with van der Waals surface area (Å²) in [6.07, 6.45) is -4.22. The van der Waals surface area contributed by atoms with Crippen molar-refractivity contribution in [3.8, 4) is 0 Å². The van der Waals surface area contributed by atoms with Crippen LogP contribution in [-0.4, -0.2) is 21.0 Å². The summed E-state index contributed by atoms with van der Waals surface area (Å²) in [6.45, 7) is 4.05. The molecule has 1 aromatic rings. The van der Waals surface area contributed by atoms with E-state index >= 15 is 0 Å². The third kappa shape index (κ3) is 5.21. The first-order chi connectivity index (χ1) is 10.0. The second-order valence-electron chi connectivity index (χ2n) is 5.04. The Morgan fingerprint density at radius 3 is 2.36 bits per heavy atom. The molecule has 9 heteroatoms. The van der Waals surface area contributed by atoms with Gasteiger partial charge in [-0.15, -0.1) is 0 Å². The molecule has 0 heterocycles. The van der Waals surface area contributed by atoms with Crippen LogP contribution in [0.25, 0.3) is 0 Å². The number of urea groups is 1. The predicted molar refractivity (Wildman–Crippen MR) is 74.6 cm³/mol. The highest BCUT2D eigenvalue weighted by atomic mass is 32.2. The van der Waals surface area contributed by atoms with Gasteiger partial charge < -0.3 is 5.32 Å². The van der Waals surface area contributed by atoms with Crippen LogP contribution in [0, 0.1) is 5.92 Å². The number of carbonyl (C=O) groups is 1. The minimum atomic E-state index is -4.83. The fraction of sp³-hybridized carbons (Fsp3) is 0.462. The summed E-state index contributed by atoms with van der Waals surface area (Å²) in [7, 11) is -4.61. The molecule has 124 valence electrons. The van der Waals surface area contributed by atoms with Gasteiger partial charge in [0.15, 0.2) is 0 Å². The molecule has 5 nitrogen and oxygen atoms in total. The number of halogens is 3. The van der Waals surface area contributed by atoms with Crippen LogP contribution in [-0.2, 0) is 16.2 Å². The summed E-state index contributed by atoms with van der Waals surface area (Å²) in [5, 5.41) is 2.29. The Kier molecular flexibility index (Phi) is 5.81. The molecule has 0 aliphatic carbocycles. The number of amides is 2. The van der Waals surface area contributed by atoms with Crippen molar-refractivity contribution in [2.24, 2.45) is 5.92 Å². The van der Waals surface area contributed by atoms with Crippen LogP contribution < -0.4 is 10.0 Å². The van der Waals surface area contributed by atoms with Crippen LogP contribution in [0.4, 0.5) is 18.0 Å². The van der Waals surface area contributed by atoms with E-state index in [0.29, 0.717) is 18.4 Å². The van der Waals surface area contributed by atoms with Crippen molar-refractivity contribution < 1.29 is 26.4 Å². The Hall–Kier alpha value is -1.77. The second-order valence-corrected chi connectivity index (χ2v) is 6.69. The third-order valence-corrected chi connectivity index (χ3v) is 4.11. The molecular weight excluding hydrogens is 321 g/mol. The van der Waals surface area contributed by atoms with Gasteiger partial charge >= 0.3 is 12.2 Å². The average Bonchev–Trinajstić information content (AvgIpc) is 2.36. The zero-order chi connectivity index (χ0) is 17.0. The molecule has 0 fully saturated rings. The highest BCUT2D eigenvalue weighted by molar-refractivity contribution is 7.90. The van der Waals surface area contributed by atoms with Crippen LogP contribution in [0.5, 0.6) is 0 Å². The maximum Gasteiger partial charge on any atom is 0.417 e. The lowest BCUT2D eigenvalue weighted by atomic mass is 10.1. The predicted octanol–water partition coefficient (Wildman–Crippen LogP) is 2.74. The summed E-state index contributed by atoms with van der Waals surface area (Å²) < 4.78 is 63.9. The van der Waals surface area contributed by atoms with Gasteiger partial charge in [0.25, 0.3) is 10.0 Å². The van der Waals surface area contributed by atoms with Crippen molar-refractivity contribution in [2.45, 2.75) is 31.3 Å². The van der Waals surface area contributed by atoms with Crippen LogP contribution in [0.3, 0.4) is 0 Å². The number of hydrogen-bond donors (Lipinski definition) is 2. The molecule has 22 heavy (non-hydrogen) atoms. The highest BCUT2D eigenvalue weighted by Gasteiger charge is 2.37. The standard InChI is InChI=1S/C13H17F3N2O3S/c1-9(2)7-8-17-12(19)18-22(20,21)11-6-4-3-5-10(11)13(14,15)16/h3-6,9H,7-8H2,1-2H3,(H2,17,18,19). The molecule has 0 aliphatic rings. The van der Waals surface area contributed by atoms with Gasteiger partial charge in [0, 0.05) is 6.54 Å². The zero-order valence-electron chi connectivity index (χ0n) is 12.1. The maximum atomic E-state index is 12.8. The van der Waals surface area contributed by atoms with Crippen molar-refractivity contribution >= 4 is 16.1 Å². The van der Waals surface area contributed by atoms with Gasteiger partial charge in [-0.05, 0) is 24.5 Å². The lowest BCUT2D eigenvalue weighted by Crippen LogP contribution is -2.40. The van der Waals surface area contributed by atoms with E-state index in [-0.39, 0.29) is 6.54 Å². The normalized spacial score (nSPS) is 12.3. The van der Waals surface area contributed by atoms with Crippen LogP contribution >= 0.6 is 0 Å². The Bertz CT molecular complexity index is 628. The van der Waals surface area contributed by atoms with E-state index in [1.807, 2.05) is 13.8 Å². The molecule has 0 radical (unpaired) electrons. The topological polar surface area (TPSA) is 75.3 Å². The molecule has 1 aromatic carbocycles. The summed E-state index contributed by atoms with van der Waals surface area (Å²) in [5.74, 6) is 0.294. The first kappa shape index (κ1) is 18.3. The van der Waals surface area contributed by atoms with E-state index in [9.17, 15) is 26.4 Å². The monoisotopic (exact) mass is 338 g/mol. The lowest BCUT2D eigenvalue weighted by Gasteiger charge is -2.14. The fourth-order valence-electron chi connectivity index (χ4n) is 1.62. The van der Waals surface area contributed by atoms with Crippen molar-refractivity contribution in [1.82, 2.24) is 10.0 Å². The molecular formula is C13H17F3N2O3S. The quantitative estimate of drug-likeness (QED) is 0.867. The summed E-state index contributed by atoms with van der Waals surface area (Å²) >= 11 is 0. The average molecular weight is 338 g/mol. The molecule has 0 atom stereocenters. The summed E-state index contributed by atoms with van der Waals surface area (Å²) in [5.41, 5.74) is -1.32. The smallest absolute Gasteiger partial charge is 0.337 e. The maximum absolute atomic E-state index is 12.8. The lowest BCUT2D eigenvalue weighted by molar-refractivity contribution is -0.139. The van der Waals surface area contributed by atoms with Crippen molar-refractivity contribution in [3.05, 3.63) is 29.8 Å². The number of hydrogen-bond acceptors (Lipinski definition) is 3. The van der Waals surface area contributed by atoms with Crippen molar-refractivity contribution in [2.75, 3.05) is 6.54 Å². The zero-order valence-corrected chi connectivity index (χ0v) is 12.9. The number of sulfonamides is 1. The molecule has 0 bridgehead atoms. The molecule has 0 spiro atoms. The first-order valence-corrected chi connectivity index (χ1v) is 7.99. The van der Waals surface area contributed by atoms with E-state index in [1.165, 1.54) is 0 Å². The van der Waals surface area contributed by atoms with E-state index in [1.54, 1.807) is 4.72 Å². The molecule has 2 amide bonds. The van der Waals surface area contributed by atoms with E-state index in [4.69, 9.17) is 0 Å². The Labute approximate surface area is 127 Å². The van der Waals surface area contributed by atoms with Gasteiger partial charge in [0.1, 0.15) is 0 Å². The highest BCUT2D eigenvalue weighted by Crippen LogP contribution is 2.33. The minimum absolute atomic E-state index is 0.222. The number of carbonyl (C=O) groups excluding carboxylic acids is 1. The number of alkyl halides is 3. The van der Waals surface area contributed by atoms with Crippen LogP contribution in [0.2, 0.25) is 0 Å². The Morgan fingerprint density at radius 2 is 1.82 bits per heavy atom. The van der Waals surface area contributed by atoms with E-state index in [0.717, 1.165) is 18.2 Å². The molecule has 0 aromatic heterocycles. The van der Waals surface area contributed by atoms with Crippen molar-refractivity contribution in [1.29, 1.82) is 0 Å². The first-order valence-electron chi connectivity index (χ1n) is 6.51. The molecule has 0 aliphatic heterocycles. The Morgan fingerprint density at radius 1 is 1.23 bits per heavy atom. The van der Waals surface area contributed by atoms with Gasteiger partial charge in [-0.3, -0.25) is 0 Å². The molecule has 0 saturated heterocycles. The van der Waals surface area contributed by atoms with Crippen LogP contribution in [0.1, 0.15) is 25.8 Å². The van der Waals surface area contributed by atoms with Gasteiger partial charge in [-0.1, -0.05) is 26.0 Å². The van der Waals surface area contributed by atoms with Crippen molar-refractivity contribution in [3.63, 3.8) is 0 Å². The molecule has 0 unspecified atom stereocenters. The fourth-order valence-corrected chi connectivity index (χ4v) is 2.78. The SMILES string of the molecule is CC(C)CCNC(=O)NS(=O)(=O)c1ccccc1C(F)(F)F. The third-order valence-electron chi connectivity index (χ3n) is 2.72. The number of rotatable bonds is 5. The minimum Gasteiger partial charge on any atom is -0.337 e. The van der Waals surface area contributed by atoms with Crippen LogP contribution in [0.15, 0.2) is 29.2 Å². The van der Waals surface area contributed by atoms with Gasteiger partial charge in [-0.25, -0.2) is 17.9 Å². The van der Waals surface area contributed by atoms with Gasteiger partial charge in [-0.2, -0.15) is 13.2 Å². The number of nitrogens with one attached hydrogen (secondary N) is 2. The van der Waals surface area contributed by atoms with E-state index < -0.39 is 32.7 Å². The molecule has 0 saturated carbocycles. The molecule has 1 rings (SSSR count). The van der Waals surface area contributed by atoms with Gasteiger partial charge in [0.2, 0.25) is 0 Å². The molecule has 2 N–H and O–H groups in total. The second kappa shape index (κ2) is 6.99. The summed E-state index contributed by atoms with van der Waals surface area (Å²) in [4.78, 5) is 10.5. The van der Waals surface area contributed by atoms with Gasteiger partial charge in [0.05, 0.1) is 10.5 Å². The summed E-state index contributed by atoms with van der Waals surface area (Å²) in [6, 6.07) is 2.61. The Balaban J connectivity index is 2.90. The number of benzene rings is 1.